The lowest BCUT2D eigenvalue weighted by Gasteiger charge is -2.05. The molecule has 0 bridgehead atoms. The SMILES string of the molecule is O=C(NCc1csc(C2CC2)n1)C(F)(F)F. The van der Waals surface area contributed by atoms with Gasteiger partial charge in [-0.05, 0) is 12.8 Å². The molecule has 3 nitrogen and oxygen atoms in total. The molecule has 0 spiro atoms. The number of hydrogen-bond acceptors (Lipinski definition) is 3. The molecule has 1 saturated carbocycles. The van der Waals surface area contributed by atoms with Crippen LogP contribution in [0.5, 0.6) is 0 Å². The Morgan fingerprint density at radius 1 is 1.56 bits per heavy atom. The highest BCUT2D eigenvalue weighted by Gasteiger charge is 2.38. The molecule has 0 aliphatic heterocycles. The van der Waals surface area contributed by atoms with Crippen LogP contribution in [-0.4, -0.2) is 17.1 Å². The third-order valence-electron chi connectivity index (χ3n) is 2.18. The first-order valence-electron chi connectivity index (χ1n) is 4.76. The first kappa shape index (κ1) is 11.4. The Labute approximate surface area is 93.7 Å². The van der Waals surface area contributed by atoms with Crippen LogP contribution >= 0.6 is 11.3 Å². The van der Waals surface area contributed by atoms with Gasteiger partial charge in [0.15, 0.2) is 0 Å². The summed E-state index contributed by atoms with van der Waals surface area (Å²) in [6.07, 6.45) is -2.63. The van der Waals surface area contributed by atoms with E-state index in [0.717, 1.165) is 17.8 Å². The summed E-state index contributed by atoms with van der Waals surface area (Å²) in [5, 5.41) is 4.43. The Hall–Kier alpha value is -1.11. The van der Waals surface area contributed by atoms with Gasteiger partial charge < -0.3 is 5.32 Å². The number of rotatable bonds is 3. The second-order valence-electron chi connectivity index (χ2n) is 3.63. The van der Waals surface area contributed by atoms with Gasteiger partial charge in [-0.3, -0.25) is 4.79 Å². The minimum atomic E-state index is -4.82. The van der Waals surface area contributed by atoms with E-state index >= 15 is 0 Å². The van der Waals surface area contributed by atoms with Crippen LogP contribution < -0.4 is 5.32 Å². The Morgan fingerprint density at radius 2 is 2.25 bits per heavy atom. The van der Waals surface area contributed by atoms with Gasteiger partial charge in [0.1, 0.15) is 0 Å². The minimum absolute atomic E-state index is 0.165. The Bertz CT molecular complexity index is 398. The van der Waals surface area contributed by atoms with Gasteiger partial charge in [-0.25, -0.2) is 4.98 Å². The van der Waals surface area contributed by atoms with Crippen LogP contribution in [0.15, 0.2) is 5.38 Å². The van der Waals surface area contributed by atoms with E-state index in [1.165, 1.54) is 11.3 Å². The van der Waals surface area contributed by atoms with E-state index in [4.69, 9.17) is 0 Å². The van der Waals surface area contributed by atoms with E-state index in [1.807, 2.05) is 0 Å². The van der Waals surface area contributed by atoms with E-state index in [0.29, 0.717) is 11.6 Å². The van der Waals surface area contributed by atoms with Gasteiger partial charge >= 0.3 is 12.1 Å². The zero-order valence-corrected chi connectivity index (χ0v) is 8.99. The Balaban J connectivity index is 1.87. The largest absolute Gasteiger partial charge is 0.471 e. The van der Waals surface area contributed by atoms with Gasteiger partial charge in [-0.2, -0.15) is 13.2 Å². The molecule has 1 heterocycles. The number of hydrogen-bond donors (Lipinski definition) is 1. The third kappa shape index (κ3) is 2.72. The molecule has 0 atom stereocenters. The number of carbonyl (C=O) groups is 1. The average Bonchev–Trinajstić information content (AvgIpc) is 2.94. The molecule has 0 saturated heterocycles. The van der Waals surface area contributed by atoms with Gasteiger partial charge in [0.25, 0.3) is 0 Å². The molecule has 7 heteroatoms. The molecule has 1 aliphatic rings. The summed E-state index contributed by atoms with van der Waals surface area (Å²) in [5.74, 6) is -1.44. The molecule has 88 valence electrons. The van der Waals surface area contributed by atoms with Gasteiger partial charge in [-0.1, -0.05) is 0 Å². The maximum Gasteiger partial charge on any atom is 0.471 e. The van der Waals surface area contributed by atoms with Gasteiger partial charge in [0, 0.05) is 11.3 Å². The van der Waals surface area contributed by atoms with Crippen molar-refractivity contribution in [2.24, 2.45) is 0 Å². The molecule has 1 aliphatic carbocycles. The summed E-state index contributed by atoms with van der Waals surface area (Å²) in [5.41, 5.74) is 0.490. The molecule has 1 fully saturated rings. The van der Waals surface area contributed by atoms with Crippen molar-refractivity contribution in [3.63, 3.8) is 0 Å². The molecular formula is C9H9F3N2OS. The van der Waals surface area contributed by atoms with E-state index < -0.39 is 12.1 Å². The average molecular weight is 250 g/mol. The molecule has 0 aromatic carbocycles. The molecule has 0 unspecified atom stereocenters. The number of nitrogens with one attached hydrogen (secondary N) is 1. The van der Waals surface area contributed by atoms with Crippen molar-refractivity contribution in [2.75, 3.05) is 0 Å². The summed E-state index contributed by atoms with van der Waals surface area (Å²) in [6, 6.07) is 0. The second kappa shape index (κ2) is 4.04. The number of halogens is 3. The van der Waals surface area contributed by atoms with Crippen molar-refractivity contribution in [3.8, 4) is 0 Å². The second-order valence-corrected chi connectivity index (χ2v) is 4.52. The predicted octanol–water partition coefficient (Wildman–Crippen LogP) is 2.20. The number of carbonyl (C=O) groups excluding carboxylic acids is 1. The fourth-order valence-corrected chi connectivity index (χ4v) is 2.18. The standard InChI is InChI=1S/C9H9F3N2OS/c10-9(11,12)8(15)13-3-6-4-16-7(14-6)5-1-2-5/h4-5H,1-3H2,(H,13,15). The van der Waals surface area contributed by atoms with Crippen LogP contribution in [0.25, 0.3) is 0 Å². The Morgan fingerprint density at radius 3 is 2.81 bits per heavy atom. The number of amides is 1. The van der Waals surface area contributed by atoms with Gasteiger partial charge in [0.05, 0.1) is 17.2 Å². The molecule has 1 N–H and O–H groups in total. The van der Waals surface area contributed by atoms with Crippen molar-refractivity contribution in [1.82, 2.24) is 10.3 Å². The fraction of sp³-hybridized carbons (Fsp3) is 0.556. The van der Waals surface area contributed by atoms with Crippen LogP contribution in [-0.2, 0) is 11.3 Å². The fourth-order valence-electron chi connectivity index (χ4n) is 1.19. The van der Waals surface area contributed by atoms with E-state index in [2.05, 4.69) is 4.98 Å². The lowest BCUT2D eigenvalue weighted by molar-refractivity contribution is -0.173. The molecule has 1 aromatic rings. The summed E-state index contributed by atoms with van der Waals surface area (Å²) in [6.45, 7) is -0.165. The summed E-state index contributed by atoms with van der Waals surface area (Å²) < 4.78 is 35.6. The maximum atomic E-state index is 11.9. The van der Waals surface area contributed by atoms with E-state index in [1.54, 1.807) is 10.7 Å². The highest BCUT2D eigenvalue weighted by atomic mass is 32.1. The highest BCUT2D eigenvalue weighted by Crippen LogP contribution is 2.41. The first-order chi connectivity index (χ1) is 7.47. The topological polar surface area (TPSA) is 42.0 Å². The van der Waals surface area contributed by atoms with Crippen molar-refractivity contribution in [1.29, 1.82) is 0 Å². The lowest BCUT2D eigenvalue weighted by atomic mass is 10.4. The summed E-state index contributed by atoms with van der Waals surface area (Å²) >= 11 is 1.44. The quantitative estimate of drug-likeness (QED) is 0.893. The van der Waals surface area contributed by atoms with Crippen LogP contribution in [0.3, 0.4) is 0 Å². The highest BCUT2D eigenvalue weighted by molar-refractivity contribution is 7.09. The molecule has 1 amide bonds. The van der Waals surface area contributed by atoms with Crippen molar-refractivity contribution in [2.45, 2.75) is 31.5 Å². The van der Waals surface area contributed by atoms with Gasteiger partial charge in [-0.15, -0.1) is 11.3 Å². The van der Waals surface area contributed by atoms with Crippen LogP contribution in [0.4, 0.5) is 13.2 Å². The first-order valence-corrected chi connectivity index (χ1v) is 5.64. The van der Waals surface area contributed by atoms with E-state index in [-0.39, 0.29) is 6.54 Å². The maximum absolute atomic E-state index is 11.9. The predicted molar refractivity (Wildman–Crippen MR) is 52.0 cm³/mol. The van der Waals surface area contributed by atoms with Gasteiger partial charge in [0.2, 0.25) is 0 Å². The number of nitrogens with zero attached hydrogens (tertiary/aromatic N) is 1. The normalized spacial score (nSPS) is 16.2. The lowest BCUT2D eigenvalue weighted by Crippen LogP contribution is -2.36. The number of thiazole rings is 1. The van der Waals surface area contributed by atoms with Crippen LogP contribution in [0.1, 0.15) is 29.5 Å². The zero-order valence-electron chi connectivity index (χ0n) is 8.17. The van der Waals surface area contributed by atoms with Crippen LogP contribution in [0, 0.1) is 0 Å². The number of aromatic nitrogens is 1. The van der Waals surface area contributed by atoms with Crippen LogP contribution in [0.2, 0.25) is 0 Å². The smallest absolute Gasteiger partial charge is 0.343 e. The monoisotopic (exact) mass is 250 g/mol. The molecule has 0 radical (unpaired) electrons. The minimum Gasteiger partial charge on any atom is -0.343 e. The van der Waals surface area contributed by atoms with Crippen molar-refractivity contribution < 1.29 is 18.0 Å². The molecule has 2 rings (SSSR count). The van der Waals surface area contributed by atoms with Crippen molar-refractivity contribution >= 4 is 17.2 Å². The summed E-state index contributed by atoms with van der Waals surface area (Å²) in [7, 11) is 0. The summed E-state index contributed by atoms with van der Waals surface area (Å²) in [4.78, 5) is 14.7. The number of alkyl halides is 3. The van der Waals surface area contributed by atoms with Crippen molar-refractivity contribution in [3.05, 3.63) is 16.1 Å². The third-order valence-corrected chi connectivity index (χ3v) is 3.24. The van der Waals surface area contributed by atoms with E-state index in [9.17, 15) is 18.0 Å². The molecular weight excluding hydrogens is 241 g/mol. The zero-order chi connectivity index (χ0) is 11.8. The Kier molecular flexibility index (Phi) is 2.88. The molecule has 1 aromatic heterocycles. The molecule has 16 heavy (non-hydrogen) atoms.